The van der Waals surface area contributed by atoms with Crippen LogP contribution in [0.3, 0.4) is 0 Å². The summed E-state index contributed by atoms with van der Waals surface area (Å²) in [5.41, 5.74) is 10.2. The number of nitrogens with two attached hydrogens (primary N) is 1. The highest BCUT2D eigenvalue weighted by Gasteiger charge is 2.25. The van der Waals surface area contributed by atoms with Crippen molar-refractivity contribution in [2.75, 3.05) is 18.4 Å². The van der Waals surface area contributed by atoms with E-state index in [0.29, 0.717) is 19.5 Å². The Kier molecular flexibility index (Phi) is 5.23. The van der Waals surface area contributed by atoms with E-state index in [-0.39, 0.29) is 18.2 Å². The molecule has 1 aromatic heterocycles. The van der Waals surface area contributed by atoms with Crippen LogP contribution in [0.2, 0.25) is 0 Å². The molecule has 0 bridgehead atoms. The molecule has 6 heteroatoms. The van der Waals surface area contributed by atoms with Crippen LogP contribution in [0.15, 0.2) is 48.5 Å². The topological polar surface area (TPSA) is 89.2 Å². The van der Waals surface area contributed by atoms with E-state index < -0.39 is 0 Å². The Morgan fingerprint density at radius 1 is 1.11 bits per heavy atom. The summed E-state index contributed by atoms with van der Waals surface area (Å²) >= 11 is 0. The van der Waals surface area contributed by atoms with Gasteiger partial charge >= 0.3 is 0 Å². The third kappa shape index (κ3) is 3.44. The van der Waals surface area contributed by atoms with Gasteiger partial charge in [0.2, 0.25) is 11.8 Å². The van der Waals surface area contributed by atoms with E-state index in [1.807, 2.05) is 53.1 Å². The van der Waals surface area contributed by atoms with E-state index in [2.05, 4.69) is 10.6 Å². The standard InChI is InChI=1S/C22H24N4O2/c23-11-9-20(27)25-17-7-4-8-18-22(17)16-10-12-24-14-19(16)26(18)21(28)13-15-5-2-1-3-6-15/h1-8,24H,9-14,23H2,(H,25,27). The second-order valence-electron chi connectivity index (χ2n) is 7.03. The van der Waals surface area contributed by atoms with Crippen molar-refractivity contribution < 1.29 is 9.59 Å². The van der Waals surface area contributed by atoms with Gasteiger partial charge in [-0.05, 0) is 36.2 Å². The minimum absolute atomic E-state index is 0.0339. The van der Waals surface area contributed by atoms with E-state index in [1.54, 1.807) is 0 Å². The van der Waals surface area contributed by atoms with E-state index in [4.69, 9.17) is 5.73 Å². The zero-order chi connectivity index (χ0) is 19.5. The van der Waals surface area contributed by atoms with Crippen molar-refractivity contribution in [2.24, 2.45) is 5.73 Å². The molecule has 0 unspecified atom stereocenters. The summed E-state index contributed by atoms with van der Waals surface area (Å²) in [4.78, 5) is 25.4. The Balaban J connectivity index is 1.80. The van der Waals surface area contributed by atoms with Gasteiger partial charge in [-0.25, -0.2) is 0 Å². The van der Waals surface area contributed by atoms with E-state index in [9.17, 15) is 9.59 Å². The highest BCUT2D eigenvalue weighted by atomic mass is 16.2. The lowest BCUT2D eigenvalue weighted by molar-refractivity contribution is -0.116. The molecule has 1 aliphatic rings. The van der Waals surface area contributed by atoms with Gasteiger partial charge in [0, 0.05) is 30.6 Å². The number of rotatable bonds is 5. The summed E-state index contributed by atoms with van der Waals surface area (Å²) < 4.78 is 1.82. The first kappa shape index (κ1) is 18.4. The predicted octanol–water partition coefficient (Wildman–Crippen LogP) is 2.46. The summed E-state index contributed by atoms with van der Waals surface area (Å²) in [5, 5.41) is 7.30. The Bertz CT molecular complexity index is 1020. The summed E-state index contributed by atoms with van der Waals surface area (Å²) in [5.74, 6) is -0.0763. The Labute approximate surface area is 163 Å². The highest BCUT2D eigenvalue weighted by Crippen LogP contribution is 2.34. The van der Waals surface area contributed by atoms with Crippen molar-refractivity contribution in [1.82, 2.24) is 9.88 Å². The van der Waals surface area contributed by atoms with Crippen LogP contribution in [0.4, 0.5) is 5.69 Å². The van der Waals surface area contributed by atoms with Gasteiger partial charge < -0.3 is 16.4 Å². The number of amides is 1. The molecule has 0 saturated carbocycles. The van der Waals surface area contributed by atoms with Gasteiger partial charge in [0.05, 0.1) is 17.6 Å². The number of nitrogens with zero attached hydrogens (tertiary/aromatic N) is 1. The summed E-state index contributed by atoms with van der Waals surface area (Å²) in [6.45, 7) is 1.80. The van der Waals surface area contributed by atoms with Gasteiger partial charge in [-0.1, -0.05) is 36.4 Å². The lowest BCUT2D eigenvalue weighted by Gasteiger charge is -2.16. The fraction of sp³-hybridized carbons (Fsp3) is 0.273. The number of benzene rings is 2. The zero-order valence-corrected chi connectivity index (χ0v) is 15.7. The van der Waals surface area contributed by atoms with Gasteiger partial charge in [-0.2, -0.15) is 0 Å². The minimum atomic E-state index is -0.110. The summed E-state index contributed by atoms with van der Waals surface area (Å²) in [7, 11) is 0. The number of hydrogen-bond acceptors (Lipinski definition) is 4. The van der Waals surface area contributed by atoms with Crippen LogP contribution in [0, 0.1) is 0 Å². The molecule has 4 rings (SSSR count). The van der Waals surface area contributed by atoms with Crippen molar-refractivity contribution in [1.29, 1.82) is 0 Å². The number of anilines is 1. The second-order valence-corrected chi connectivity index (χ2v) is 7.03. The molecule has 0 atom stereocenters. The third-order valence-electron chi connectivity index (χ3n) is 5.14. The van der Waals surface area contributed by atoms with Crippen LogP contribution in [0.1, 0.15) is 28.0 Å². The molecular weight excluding hydrogens is 352 g/mol. The summed E-state index contributed by atoms with van der Waals surface area (Å²) in [6, 6.07) is 15.5. The molecule has 28 heavy (non-hydrogen) atoms. The van der Waals surface area contributed by atoms with Crippen LogP contribution in [0.5, 0.6) is 0 Å². The SMILES string of the molecule is NCCC(=O)Nc1cccc2c1c1c(n2C(=O)Cc2ccccc2)CNCC1. The van der Waals surface area contributed by atoms with Gasteiger partial charge in [0.25, 0.3) is 0 Å². The van der Waals surface area contributed by atoms with Crippen LogP contribution in [0.25, 0.3) is 10.9 Å². The molecule has 3 aromatic rings. The zero-order valence-electron chi connectivity index (χ0n) is 15.7. The number of nitrogens with one attached hydrogen (secondary N) is 2. The minimum Gasteiger partial charge on any atom is -0.330 e. The van der Waals surface area contributed by atoms with Crippen LogP contribution in [-0.2, 0) is 24.2 Å². The van der Waals surface area contributed by atoms with Crippen LogP contribution in [-0.4, -0.2) is 29.5 Å². The number of hydrogen-bond donors (Lipinski definition) is 3. The number of carbonyl (C=O) groups excluding carboxylic acids is 2. The fourth-order valence-electron chi connectivity index (χ4n) is 3.93. The maximum atomic E-state index is 13.2. The highest BCUT2D eigenvalue weighted by molar-refractivity contribution is 6.07. The maximum Gasteiger partial charge on any atom is 0.235 e. The second kappa shape index (κ2) is 7.96. The van der Waals surface area contributed by atoms with E-state index in [0.717, 1.165) is 46.4 Å². The molecule has 1 amide bonds. The van der Waals surface area contributed by atoms with Gasteiger partial charge in [-0.15, -0.1) is 0 Å². The molecule has 6 nitrogen and oxygen atoms in total. The maximum absolute atomic E-state index is 13.2. The van der Waals surface area contributed by atoms with E-state index >= 15 is 0 Å². The van der Waals surface area contributed by atoms with Crippen molar-refractivity contribution in [3.8, 4) is 0 Å². The molecular formula is C22H24N4O2. The molecule has 2 aromatic carbocycles. The normalized spacial score (nSPS) is 13.3. The quantitative estimate of drug-likeness (QED) is 0.638. The van der Waals surface area contributed by atoms with Crippen molar-refractivity contribution in [3.63, 3.8) is 0 Å². The Morgan fingerprint density at radius 3 is 2.71 bits per heavy atom. The molecule has 0 aliphatic carbocycles. The predicted molar refractivity (Wildman–Crippen MR) is 110 cm³/mol. The molecule has 2 heterocycles. The Morgan fingerprint density at radius 2 is 1.93 bits per heavy atom. The first-order valence-electron chi connectivity index (χ1n) is 9.62. The fourth-order valence-corrected chi connectivity index (χ4v) is 3.93. The average molecular weight is 376 g/mol. The number of carbonyl (C=O) groups is 2. The van der Waals surface area contributed by atoms with Gasteiger partial charge in [0.15, 0.2) is 0 Å². The number of aromatic nitrogens is 1. The Hall–Kier alpha value is -2.96. The van der Waals surface area contributed by atoms with Gasteiger partial charge in [0.1, 0.15) is 0 Å². The van der Waals surface area contributed by atoms with Gasteiger partial charge in [-0.3, -0.25) is 14.2 Å². The molecule has 144 valence electrons. The average Bonchev–Trinajstić information content (AvgIpc) is 3.04. The summed E-state index contributed by atoms with van der Waals surface area (Å²) in [6.07, 6.45) is 1.43. The first-order chi connectivity index (χ1) is 13.7. The largest absolute Gasteiger partial charge is 0.330 e. The number of fused-ring (bicyclic) bond motifs is 3. The smallest absolute Gasteiger partial charge is 0.235 e. The molecule has 1 aliphatic heterocycles. The van der Waals surface area contributed by atoms with E-state index in [1.165, 1.54) is 0 Å². The third-order valence-corrected chi connectivity index (χ3v) is 5.14. The lowest BCUT2D eigenvalue weighted by atomic mass is 10.0. The monoisotopic (exact) mass is 376 g/mol. The van der Waals surface area contributed by atoms with Crippen LogP contribution >= 0.6 is 0 Å². The molecule has 0 saturated heterocycles. The van der Waals surface area contributed by atoms with Crippen molar-refractivity contribution in [3.05, 3.63) is 65.4 Å². The van der Waals surface area contributed by atoms with Crippen LogP contribution < -0.4 is 16.4 Å². The van der Waals surface area contributed by atoms with Crippen molar-refractivity contribution in [2.45, 2.75) is 25.8 Å². The molecule has 0 spiro atoms. The lowest BCUT2D eigenvalue weighted by Crippen LogP contribution is -2.27. The molecule has 0 radical (unpaired) electrons. The first-order valence-corrected chi connectivity index (χ1v) is 9.62. The molecule has 0 fully saturated rings. The molecule has 4 N–H and O–H groups in total. The van der Waals surface area contributed by atoms with Crippen molar-refractivity contribution >= 4 is 28.4 Å².